The summed E-state index contributed by atoms with van der Waals surface area (Å²) in [6.07, 6.45) is 1.49. The Labute approximate surface area is 110 Å². The van der Waals surface area contributed by atoms with Crippen molar-refractivity contribution in [2.75, 3.05) is 0 Å². The van der Waals surface area contributed by atoms with E-state index in [1.54, 1.807) is 11.3 Å². The van der Waals surface area contributed by atoms with Crippen molar-refractivity contribution in [2.24, 2.45) is 0 Å². The number of benzene rings is 1. The molecule has 0 aliphatic rings. The Kier molecular flexibility index (Phi) is 4.28. The lowest BCUT2D eigenvalue weighted by Crippen LogP contribution is -2.35. The van der Waals surface area contributed by atoms with Gasteiger partial charge in [-0.05, 0) is 18.6 Å². The van der Waals surface area contributed by atoms with Crippen molar-refractivity contribution in [1.29, 1.82) is 0 Å². The minimum absolute atomic E-state index is 0.484. The highest BCUT2D eigenvalue weighted by molar-refractivity contribution is 7.18. The summed E-state index contributed by atoms with van der Waals surface area (Å²) in [7, 11) is 0. The number of thiazole rings is 1. The first-order valence-corrected chi connectivity index (χ1v) is 6.83. The molecule has 18 heavy (non-hydrogen) atoms. The summed E-state index contributed by atoms with van der Waals surface area (Å²) in [5.74, 6) is -0.794. The van der Waals surface area contributed by atoms with Crippen LogP contribution in [0.25, 0.3) is 10.2 Å². The average Bonchev–Trinajstić information content (AvgIpc) is 2.76. The quantitative estimate of drug-likeness (QED) is 0.842. The van der Waals surface area contributed by atoms with Crippen molar-refractivity contribution in [1.82, 2.24) is 10.3 Å². The molecular formula is C13H16N2O2S. The molecule has 0 radical (unpaired) electrons. The maximum Gasteiger partial charge on any atom is 0.320 e. The van der Waals surface area contributed by atoms with Gasteiger partial charge in [0, 0.05) is 6.54 Å². The minimum Gasteiger partial charge on any atom is -0.480 e. The molecule has 1 atom stereocenters. The van der Waals surface area contributed by atoms with Gasteiger partial charge in [-0.15, -0.1) is 11.3 Å². The molecule has 1 aromatic carbocycles. The van der Waals surface area contributed by atoms with Gasteiger partial charge in [-0.2, -0.15) is 0 Å². The molecule has 2 aromatic rings. The molecule has 1 heterocycles. The van der Waals surface area contributed by atoms with Gasteiger partial charge in [0.05, 0.1) is 10.2 Å². The van der Waals surface area contributed by atoms with Crippen molar-refractivity contribution in [3.05, 3.63) is 29.3 Å². The lowest BCUT2D eigenvalue weighted by atomic mass is 10.2. The predicted octanol–water partition coefficient (Wildman–Crippen LogP) is 2.64. The number of carboxylic acid groups (broad SMARTS) is 1. The van der Waals surface area contributed by atoms with Crippen LogP contribution >= 0.6 is 11.3 Å². The highest BCUT2D eigenvalue weighted by Crippen LogP contribution is 2.21. The predicted molar refractivity (Wildman–Crippen MR) is 72.8 cm³/mol. The lowest BCUT2D eigenvalue weighted by Gasteiger charge is -2.11. The fraction of sp³-hybridized carbons (Fsp3) is 0.385. The molecule has 0 bridgehead atoms. The molecule has 0 saturated heterocycles. The van der Waals surface area contributed by atoms with Crippen LogP contribution in [0.3, 0.4) is 0 Å². The van der Waals surface area contributed by atoms with Gasteiger partial charge < -0.3 is 5.11 Å². The fourth-order valence-electron chi connectivity index (χ4n) is 1.81. The standard InChI is InChI=1S/C13H16N2O2S/c1-2-5-10(13(16)17)14-8-12-15-9-6-3-4-7-11(9)18-12/h3-4,6-7,10,14H,2,5,8H2,1H3,(H,16,17). The summed E-state index contributed by atoms with van der Waals surface area (Å²) < 4.78 is 1.14. The molecule has 0 spiro atoms. The molecule has 5 heteroatoms. The van der Waals surface area contributed by atoms with E-state index in [2.05, 4.69) is 10.3 Å². The number of hydrogen-bond acceptors (Lipinski definition) is 4. The van der Waals surface area contributed by atoms with E-state index >= 15 is 0 Å². The van der Waals surface area contributed by atoms with E-state index in [9.17, 15) is 4.79 Å². The van der Waals surface area contributed by atoms with Crippen molar-refractivity contribution >= 4 is 27.5 Å². The Bertz CT molecular complexity index is 506. The van der Waals surface area contributed by atoms with Crippen LogP contribution in [-0.4, -0.2) is 22.1 Å². The van der Waals surface area contributed by atoms with Gasteiger partial charge in [0.15, 0.2) is 0 Å². The van der Waals surface area contributed by atoms with E-state index in [0.717, 1.165) is 21.6 Å². The number of para-hydroxylation sites is 1. The largest absolute Gasteiger partial charge is 0.480 e. The van der Waals surface area contributed by atoms with Gasteiger partial charge in [0.25, 0.3) is 0 Å². The second-order valence-corrected chi connectivity index (χ2v) is 5.25. The lowest BCUT2D eigenvalue weighted by molar-refractivity contribution is -0.139. The maximum absolute atomic E-state index is 11.0. The molecular weight excluding hydrogens is 248 g/mol. The number of rotatable bonds is 6. The fourth-order valence-corrected chi connectivity index (χ4v) is 2.73. The third kappa shape index (κ3) is 3.05. The normalized spacial score (nSPS) is 12.7. The third-order valence-electron chi connectivity index (χ3n) is 2.71. The number of nitrogens with zero attached hydrogens (tertiary/aromatic N) is 1. The van der Waals surface area contributed by atoms with Crippen molar-refractivity contribution in [3.8, 4) is 0 Å². The summed E-state index contributed by atoms with van der Waals surface area (Å²) in [6, 6.07) is 7.44. The molecule has 96 valence electrons. The molecule has 1 aromatic heterocycles. The van der Waals surface area contributed by atoms with E-state index in [1.807, 2.05) is 31.2 Å². The molecule has 2 N–H and O–H groups in total. The first-order chi connectivity index (χ1) is 8.70. The Hall–Kier alpha value is -1.46. The molecule has 0 aliphatic carbocycles. The van der Waals surface area contributed by atoms with Crippen LogP contribution in [0.2, 0.25) is 0 Å². The third-order valence-corrected chi connectivity index (χ3v) is 3.75. The first-order valence-electron chi connectivity index (χ1n) is 6.01. The zero-order valence-electron chi connectivity index (χ0n) is 10.2. The van der Waals surface area contributed by atoms with Crippen molar-refractivity contribution in [3.63, 3.8) is 0 Å². The van der Waals surface area contributed by atoms with Crippen molar-refractivity contribution in [2.45, 2.75) is 32.4 Å². The summed E-state index contributed by atoms with van der Waals surface area (Å²) in [5, 5.41) is 13.0. The number of aliphatic carboxylic acids is 1. The minimum atomic E-state index is -0.794. The van der Waals surface area contributed by atoms with Crippen molar-refractivity contribution < 1.29 is 9.90 Å². The van der Waals surface area contributed by atoms with Gasteiger partial charge in [0.2, 0.25) is 0 Å². The molecule has 0 aliphatic heterocycles. The second-order valence-electron chi connectivity index (χ2n) is 4.14. The van der Waals surface area contributed by atoms with E-state index in [0.29, 0.717) is 13.0 Å². The first kappa shape index (κ1) is 13.0. The SMILES string of the molecule is CCCC(NCc1nc2ccccc2s1)C(=O)O. The molecule has 0 saturated carbocycles. The molecule has 4 nitrogen and oxygen atoms in total. The number of nitrogens with one attached hydrogen (secondary N) is 1. The van der Waals surface area contributed by atoms with Crippen LogP contribution in [0.5, 0.6) is 0 Å². The van der Waals surface area contributed by atoms with Gasteiger partial charge >= 0.3 is 5.97 Å². The van der Waals surface area contributed by atoms with Gasteiger partial charge in [-0.1, -0.05) is 25.5 Å². The van der Waals surface area contributed by atoms with Crippen LogP contribution in [0, 0.1) is 0 Å². The highest BCUT2D eigenvalue weighted by Gasteiger charge is 2.15. The van der Waals surface area contributed by atoms with Crippen LogP contribution in [0.4, 0.5) is 0 Å². The monoisotopic (exact) mass is 264 g/mol. The molecule has 0 fully saturated rings. The number of hydrogen-bond donors (Lipinski definition) is 2. The van der Waals surface area contributed by atoms with Gasteiger partial charge in [-0.25, -0.2) is 4.98 Å². The number of carboxylic acids is 1. The Morgan fingerprint density at radius 1 is 1.50 bits per heavy atom. The average molecular weight is 264 g/mol. The van der Waals surface area contributed by atoms with E-state index < -0.39 is 12.0 Å². The summed E-state index contributed by atoms with van der Waals surface area (Å²) in [5.41, 5.74) is 0.974. The van der Waals surface area contributed by atoms with Crippen LogP contribution < -0.4 is 5.32 Å². The number of fused-ring (bicyclic) bond motifs is 1. The summed E-state index contributed by atoms with van der Waals surface area (Å²) in [6.45, 7) is 2.49. The van der Waals surface area contributed by atoms with E-state index in [-0.39, 0.29) is 0 Å². The molecule has 1 unspecified atom stereocenters. The second kappa shape index (κ2) is 5.93. The number of carbonyl (C=O) groups is 1. The Morgan fingerprint density at radius 2 is 2.28 bits per heavy atom. The zero-order valence-corrected chi connectivity index (χ0v) is 11.0. The van der Waals surface area contributed by atoms with E-state index in [1.165, 1.54) is 0 Å². The Balaban J connectivity index is 2.02. The summed E-state index contributed by atoms with van der Waals surface area (Å²) in [4.78, 5) is 15.5. The topological polar surface area (TPSA) is 62.2 Å². The highest BCUT2D eigenvalue weighted by atomic mass is 32.1. The van der Waals surface area contributed by atoms with Gasteiger partial charge in [0.1, 0.15) is 11.0 Å². The molecule has 0 amide bonds. The summed E-state index contributed by atoms with van der Waals surface area (Å²) >= 11 is 1.60. The zero-order chi connectivity index (χ0) is 13.0. The van der Waals surface area contributed by atoms with E-state index in [4.69, 9.17) is 5.11 Å². The van der Waals surface area contributed by atoms with Gasteiger partial charge in [-0.3, -0.25) is 10.1 Å². The van der Waals surface area contributed by atoms with Crippen LogP contribution in [0.15, 0.2) is 24.3 Å². The Morgan fingerprint density at radius 3 is 2.94 bits per heavy atom. The maximum atomic E-state index is 11.0. The number of aromatic nitrogens is 1. The van der Waals surface area contributed by atoms with Crippen LogP contribution in [0.1, 0.15) is 24.8 Å². The smallest absolute Gasteiger partial charge is 0.320 e. The molecule has 2 rings (SSSR count). The van der Waals surface area contributed by atoms with Crippen LogP contribution in [-0.2, 0) is 11.3 Å².